The molecule has 0 bridgehead atoms. The molecule has 0 heterocycles. The minimum Gasteiger partial charge on any atom is -0.478 e. The molecular weight excluding hydrogens is 889 g/mol. The van der Waals surface area contributed by atoms with Crippen molar-refractivity contribution in [3.8, 4) is 0 Å². The quantitative estimate of drug-likeness (QED) is 0.167. The Labute approximate surface area is 275 Å². The van der Waals surface area contributed by atoms with Crippen molar-refractivity contribution in [1.29, 1.82) is 0 Å². The fraction of sp³-hybridized carbons (Fsp3) is 0.458. The number of esters is 4. The Kier molecular flexibility index (Phi) is 15.2. The van der Waals surface area contributed by atoms with Gasteiger partial charge in [0.15, 0.2) is 12.2 Å². The number of halogens is 3. The van der Waals surface area contributed by atoms with E-state index >= 15 is 0 Å². The summed E-state index contributed by atoms with van der Waals surface area (Å²) in [6, 6.07) is 0. The van der Waals surface area contributed by atoms with Crippen molar-refractivity contribution < 1.29 is 57.6 Å². The van der Waals surface area contributed by atoms with Crippen molar-refractivity contribution in [1.82, 2.24) is 5.32 Å². The summed E-state index contributed by atoms with van der Waals surface area (Å²) in [5.74, 6) is -5.39. The highest BCUT2D eigenvalue weighted by Crippen LogP contribution is 2.38. The van der Waals surface area contributed by atoms with Crippen LogP contribution in [0.2, 0.25) is 0 Å². The Balaban J connectivity index is 3.62. The van der Waals surface area contributed by atoms with Gasteiger partial charge in [0, 0.05) is 38.2 Å². The number of amides is 2. The number of rotatable bonds is 13. The number of nitrogens with one attached hydrogen (secondary N) is 1. The Morgan fingerprint density at radius 1 is 0.732 bits per heavy atom. The van der Waals surface area contributed by atoms with Gasteiger partial charge in [0.2, 0.25) is 5.91 Å². The minimum absolute atomic E-state index is 0.0538. The first kappa shape index (κ1) is 36.7. The summed E-state index contributed by atoms with van der Waals surface area (Å²) in [6.07, 6.45) is -2.14. The zero-order chi connectivity index (χ0) is 31.6. The number of carbonyl (C=O) groups is 7. The molecule has 0 radical (unpaired) electrons. The maximum Gasteiger partial charge on any atom is 0.337 e. The molecule has 0 fully saturated rings. The second kappa shape index (κ2) is 17.0. The average molecular weight is 916 g/mol. The van der Waals surface area contributed by atoms with E-state index in [9.17, 15) is 38.7 Å². The standard InChI is InChI=1S/C24H27I3N2O12/c1-10(30)29(7-16(41-14(5)34)9-39-12(3)32)22-20(26)17(19(25)18(21(22)27)24(36)37)23(35)28-6-15(40-13(4)33)8-38-11(2)31/h15-16H,6-9H2,1-5H3,(H,28,35)(H,36,37). The van der Waals surface area contributed by atoms with E-state index < -0.39 is 53.9 Å². The number of hydrogen-bond donors (Lipinski definition) is 2. The highest BCUT2D eigenvalue weighted by Gasteiger charge is 2.33. The lowest BCUT2D eigenvalue weighted by molar-refractivity contribution is -0.155. The van der Waals surface area contributed by atoms with Gasteiger partial charge in [-0.2, -0.15) is 0 Å². The number of carbonyl (C=O) groups excluding carboxylic acids is 6. The number of carboxylic acid groups (broad SMARTS) is 1. The van der Waals surface area contributed by atoms with Crippen LogP contribution in [0.3, 0.4) is 0 Å². The van der Waals surface area contributed by atoms with Gasteiger partial charge in [0.1, 0.15) is 13.2 Å². The van der Waals surface area contributed by atoms with E-state index in [1.54, 1.807) is 67.8 Å². The second-order valence-corrected chi connectivity index (χ2v) is 11.5. The lowest BCUT2D eigenvalue weighted by Crippen LogP contribution is -2.42. The third-order valence-corrected chi connectivity index (χ3v) is 8.05. The number of hydrogen-bond acceptors (Lipinski definition) is 11. The van der Waals surface area contributed by atoms with Crippen molar-refractivity contribution >= 4 is 115 Å². The molecule has 1 aromatic rings. The molecule has 0 spiro atoms. The van der Waals surface area contributed by atoms with Crippen molar-refractivity contribution in [2.75, 3.05) is 31.2 Å². The average Bonchev–Trinajstić information content (AvgIpc) is 2.82. The van der Waals surface area contributed by atoms with Gasteiger partial charge in [-0.15, -0.1) is 0 Å². The van der Waals surface area contributed by atoms with Crippen LogP contribution < -0.4 is 10.2 Å². The van der Waals surface area contributed by atoms with Crippen molar-refractivity contribution in [3.05, 3.63) is 21.8 Å². The Bertz CT molecular complexity index is 1240. The van der Waals surface area contributed by atoms with Crippen LogP contribution in [-0.2, 0) is 42.9 Å². The van der Waals surface area contributed by atoms with Crippen LogP contribution in [0, 0.1) is 10.7 Å². The SMILES string of the molecule is CC(=O)OCC(CNC(=O)c1c(I)c(C(=O)O)c(I)c(N(CC(COC(C)=O)OC(C)=O)C(C)=O)c1I)OC(C)=O. The summed E-state index contributed by atoms with van der Waals surface area (Å²) in [5, 5.41) is 12.5. The smallest absolute Gasteiger partial charge is 0.337 e. The van der Waals surface area contributed by atoms with Gasteiger partial charge in [-0.05, 0) is 67.8 Å². The first-order valence-corrected chi connectivity index (χ1v) is 14.8. The third kappa shape index (κ3) is 11.5. The number of ether oxygens (including phenoxy) is 4. The number of carboxylic acids is 1. The third-order valence-electron chi connectivity index (χ3n) is 4.87. The maximum atomic E-state index is 13.4. The van der Waals surface area contributed by atoms with Crippen LogP contribution in [-0.4, -0.2) is 85.3 Å². The van der Waals surface area contributed by atoms with E-state index in [-0.39, 0.29) is 53.8 Å². The number of benzene rings is 1. The molecule has 41 heavy (non-hydrogen) atoms. The van der Waals surface area contributed by atoms with Gasteiger partial charge in [0.25, 0.3) is 5.91 Å². The summed E-state index contributed by atoms with van der Waals surface area (Å²) in [7, 11) is 0. The van der Waals surface area contributed by atoms with Crippen LogP contribution in [0.1, 0.15) is 55.3 Å². The monoisotopic (exact) mass is 916 g/mol. The normalized spacial score (nSPS) is 11.9. The van der Waals surface area contributed by atoms with Gasteiger partial charge in [-0.1, -0.05) is 0 Å². The maximum absolute atomic E-state index is 13.4. The highest BCUT2D eigenvalue weighted by atomic mass is 127. The van der Waals surface area contributed by atoms with Crippen LogP contribution in [0.5, 0.6) is 0 Å². The van der Waals surface area contributed by atoms with Gasteiger partial charge in [-0.25, -0.2) is 4.79 Å². The first-order valence-electron chi connectivity index (χ1n) is 11.6. The van der Waals surface area contributed by atoms with E-state index in [2.05, 4.69) is 5.32 Å². The van der Waals surface area contributed by atoms with Gasteiger partial charge in [-0.3, -0.25) is 28.8 Å². The van der Waals surface area contributed by atoms with Crippen molar-refractivity contribution in [2.24, 2.45) is 0 Å². The zero-order valence-electron chi connectivity index (χ0n) is 22.5. The molecule has 0 saturated carbocycles. The van der Waals surface area contributed by atoms with Gasteiger partial charge >= 0.3 is 29.8 Å². The largest absolute Gasteiger partial charge is 0.478 e. The van der Waals surface area contributed by atoms with E-state index in [4.69, 9.17) is 18.9 Å². The lowest BCUT2D eigenvalue weighted by atomic mass is 10.1. The molecule has 0 aliphatic rings. The Morgan fingerprint density at radius 2 is 1.20 bits per heavy atom. The molecule has 2 atom stereocenters. The van der Waals surface area contributed by atoms with Crippen molar-refractivity contribution in [3.63, 3.8) is 0 Å². The zero-order valence-corrected chi connectivity index (χ0v) is 29.0. The molecule has 14 nitrogen and oxygen atoms in total. The lowest BCUT2D eigenvalue weighted by Gasteiger charge is -2.29. The second-order valence-electron chi connectivity index (χ2n) is 8.25. The summed E-state index contributed by atoms with van der Waals surface area (Å²) >= 11 is 5.25. The van der Waals surface area contributed by atoms with Gasteiger partial charge in [0.05, 0.1) is 37.0 Å². The number of aromatic carboxylic acids is 1. The predicted octanol–water partition coefficient (Wildman–Crippen LogP) is 2.27. The van der Waals surface area contributed by atoms with E-state index in [0.29, 0.717) is 0 Å². The molecule has 0 aromatic heterocycles. The number of nitrogens with zero attached hydrogens (tertiary/aromatic N) is 1. The van der Waals surface area contributed by atoms with Gasteiger partial charge < -0.3 is 34.3 Å². The Hall–Kier alpha value is -2.30. The molecule has 1 rings (SSSR count). The molecule has 0 aliphatic carbocycles. The molecule has 226 valence electrons. The molecule has 0 aliphatic heterocycles. The van der Waals surface area contributed by atoms with E-state index in [1.807, 2.05) is 0 Å². The predicted molar refractivity (Wildman–Crippen MR) is 166 cm³/mol. The van der Waals surface area contributed by atoms with Crippen LogP contribution >= 0.6 is 67.8 Å². The molecule has 2 unspecified atom stereocenters. The van der Waals surface area contributed by atoms with E-state index in [1.165, 1.54) is 6.92 Å². The molecule has 2 amide bonds. The summed E-state index contributed by atoms with van der Waals surface area (Å²) in [5.41, 5.74) is -0.306. The van der Waals surface area contributed by atoms with Crippen LogP contribution in [0.15, 0.2) is 0 Å². The fourth-order valence-electron chi connectivity index (χ4n) is 3.30. The molecule has 2 N–H and O–H groups in total. The molecule has 0 saturated heterocycles. The molecule has 1 aromatic carbocycles. The first-order chi connectivity index (χ1) is 19.0. The number of anilines is 1. The summed E-state index contributed by atoms with van der Waals surface area (Å²) in [6.45, 7) is 4.45. The summed E-state index contributed by atoms with van der Waals surface area (Å²) < 4.78 is 20.5. The molecular formula is C24H27I3N2O12. The van der Waals surface area contributed by atoms with E-state index in [0.717, 1.165) is 32.6 Å². The topological polar surface area (TPSA) is 192 Å². The van der Waals surface area contributed by atoms with Crippen molar-refractivity contribution in [2.45, 2.75) is 46.8 Å². The fourth-order valence-corrected chi connectivity index (χ4v) is 8.00. The summed E-state index contributed by atoms with van der Waals surface area (Å²) in [4.78, 5) is 85.3. The minimum atomic E-state index is -1.38. The Morgan fingerprint density at radius 3 is 1.63 bits per heavy atom. The highest BCUT2D eigenvalue weighted by molar-refractivity contribution is 14.1. The van der Waals surface area contributed by atoms with Crippen LogP contribution in [0.25, 0.3) is 0 Å². The molecule has 17 heteroatoms. The van der Waals surface area contributed by atoms with Crippen LogP contribution in [0.4, 0.5) is 5.69 Å².